The third-order valence-corrected chi connectivity index (χ3v) is 7.17. The Bertz CT molecular complexity index is 496. The molecule has 0 spiro atoms. The van der Waals surface area contributed by atoms with Crippen LogP contribution in [-0.2, 0) is 6.42 Å². The minimum Gasteiger partial charge on any atom is -0.275 e. The van der Waals surface area contributed by atoms with Crippen LogP contribution in [0.2, 0.25) is 0 Å². The number of rotatable bonds is 17. The Labute approximate surface area is 177 Å². The van der Waals surface area contributed by atoms with Gasteiger partial charge in [-0.25, -0.2) is 0 Å². The predicted octanol–water partition coefficient (Wildman–Crippen LogP) is 9.03. The van der Waals surface area contributed by atoms with E-state index in [4.69, 9.17) is 11.6 Å². The lowest BCUT2D eigenvalue weighted by Gasteiger charge is -2.27. The molecule has 0 aromatic carbocycles. The van der Waals surface area contributed by atoms with Crippen molar-refractivity contribution in [3.8, 4) is 0 Å². The van der Waals surface area contributed by atoms with Gasteiger partial charge in [-0.1, -0.05) is 97.8 Å². The molecule has 1 aromatic rings. The minimum atomic E-state index is -0.313. The van der Waals surface area contributed by atoms with Crippen molar-refractivity contribution in [2.45, 2.75) is 111 Å². The number of carbonyl (C=O) groups is 1. The van der Waals surface area contributed by atoms with Crippen molar-refractivity contribution in [2.75, 3.05) is 0 Å². The Hall–Kier alpha value is -0.340. The lowest BCUT2D eigenvalue weighted by molar-refractivity contribution is 0.108. The van der Waals surface area contributed by atoms with E-state index in [0.717, 1.165) is 18.3 Å². The topological polar surface area (TPSA) is 17.1 Å². The summed E-state index contributed by atoms with van der Waals surface area (Å²) < 4.78 is 0. The lowest BCUT2D eigenvalue weighted by atomic mass is 9.79. The van der Waals surface area contributed by atoms with Crippen molar-refractivity contribution >= 4 is 28.2 Å². The molecular formula is C24H41ClOS. The summed E-state index contributed by atoms with van der Waals surface area (Å²) in [4.78, 5) is 13.5. The first-order chi connectivity index (χ1) is 13.1. The van der Waals surface area contributed by atoms with E-state index in [-0.39, 0.29) is 5.24 Å². The predicted molar refractivity (Wildman–Crippen MR) is 122 cm³/mol. The average Bonchev–Trinajstić information content (AvgIpc) is 3.12. The van der Waals surface area contributed by atoms with Gasteiger partial charge in [-0.15, -0.1) is 11.3 Å². The number of carbonyl (C=O) groups excluding carboxylic acids is 1. The zero-order valence-corrected chi connectivity index (χ0v) is 19.5. The van der Waals surface area contributed by atoms with Crippen LogP contribution in [0.15, 0.2) is 12.1 Å². The second kappa shape index (κ2) is 15.6. The average molecular weight is 413 g/mol. The first kappa shape index (κ1) is 24.7. The Morgan fingerprint density at radius 2 is 1.41 bits per heavy atom. The standard InChI is InChI=1S/C24H41ClOS/c1-4-7-9-11-13-15-20(14-6-3)21(16-12-10-8-5-2)19-22-17-18-23(27-22)24(25)26/h17-18,20-21H,4-16,19H2,1-3H3. The molecule has 156 valence electrons. The summed E-state index contributed by atoms with van der Waals surface area (Å²) in [5, 5.41) is -0.313. The van der Waals surface area contributed by atoms with Crippen molar-refractivity contribution in [3.63, 3.8) is 0 Å². The van der Waals surface area contributed by atoms with E-state index in [1.165, 1.54) is 88.3 Å². The van der Waals surface area contributed by atoms with Gasteiger partial charge in [-0.2, -0.15) is 0 Å². The summed E-state index contributed by atoms with van der Waals surface area (Å²) in [6.45, 7) is 6.89. The highest BCUT2D eigenvalue weighted by Crippen LogP contribution is 2.33. The van der Waals surface area contributed by atoms with Crippen LogP contribution in [0.25, 0.3) is 0 Å². The number of thiophene rings is 1. The molecule has 27 heavy (non-hydrogen) atoms. The molecule has 0 saturated carbocycles. The fourth-order valence-electron chi connectivity index (χ4n) is 4.19. The second-order valence-corrected chi connectivity index (χ2v) is 9.62. The zero-order chi connectivity index (χ0) is 19.9. The molecule has 0 fully saturated rings. The SMILES string of the molecule is CCCCCCCC(CCC)C(CCCCCC)Cc1ccc(C(=O)Cl)s1. The van der Waals surface area contributed by atoms with Crippen molar-refractivity contribution in [1.29, 1.82) is 0 Å². The summed E-state index contributed by atoms with van der Waals surface area (Å²) in [6, 6.07) is 4.03. The van der Waals surface area contributed by atoms with Crippen LogP contribution < -0.4 is 0 Å². The Morgan fingerprint density at radius 3 is 1.96 bits per heavy atom. The molecule has 0 amide bonds. The van der Waals surface area contributed by atoms with Gasteiger partial charge in [0.25, 0.3) is 5.24 Å². The maximum Gasteiger partial charge on any atom is 0.262 e. The van der Waals surface area contributed by atoms with Crippen LogP contribution in [0.3, 0.4) is 0 Å². The van der Waals surface area contributed by atoms with Gasteiger partial charge in [0.1, 0.15) is 0 Å². The molecule has 1 rings (SSSR count). The van der Waals surface area contributed by atoms with E-state index in [1.807, 2.05) is 6.07 Å². The Morgan fingerprint density at radius 1 is 0.815 bits per heavy atom. The molecular weight excluding hydrogens is 372 g/mol. The molecule has 2 atom stereocenters. The maximum absolute atomic E-state index is 11.4. The third-order valence-electron chi connectivity index (χ3n) is 5.75. The van der Waals surface area contributed by atoms with Gasteiger partial charge in [0.15, 0.2) is 0 Å². The fourth-order valence-corrected chi connectivity index (χ4v) is 5.30. The summed E-state index contributed by atoms with van der Waals surface area (Å²) in [5.74, 6) is 1.58. The first-order valence-corrected chi connectivity index (χ1v) is 12.6. The van der Waals surface area contributed by atoms with Crippen molar-refractivity contribution in [3.05, 3.63) is 21.9 Å². The number of unbranched alkanes of at least 4 members (excludes halogenated alkanes) is 7. The summed E-state index contributed by atoms with van der Waals surface area (Å²) in [5.41, 5.74) is 0. The van der Waals surface area contributed by atoms with Crippen LogP contribution in [0.4, 0.5) is 0 Å². The third kappa shape index (κ3) is 10.7. The van der Waals surface area contributed by atoms with E-state index in [2.05, 4.69) is 26.8 Å². The van der Waals surface area contributed by atoms with Gasteiger partial charge in [0.05, 0.1) is 4.88 Å². The number of hydrogen-bond donors (Lipinski definition) is 0. The number of halogens is 1. The molecule has 0 N–H and O–H groups in total. The molecule has 1 aromatic heterocycles. The highest BCUT2D eigenvalue weighted by atomic mass is 35.5. The molecule has 0 saturated heterocycles. The Kier molecular flexibility index (Phi) is 14.2. The van der Waals surface area contributed by atoms with Gasteiger partial charge in [-0.3, -0.25) is 4.79 Å². The van der Waals surface area contributed by atoms with Gasteiger partial charge in [0.2, 0.25) is 0 Å². The van der Waals surface area contributed by atoms with Crippen molar-refractivity contribution < 1.29 is 4.79 Å². The molecule has 0 bridgehead atoms. The maximum atomic E-state index is 11.4. The quantitative estimate of drug-likeness (QED) is 0.184. The monoisotopic (exact) mass is 412 g/mol. The van der Waals surface area contributed by atoms with Crippen molar-refractivity contribution in [1.82, 2.24) is 0 Å². The van der Waals surface area contributed by atoms with Crippen LogP contribution in [0.1, 0.15) is 119 Å². The van der Waals surface area contributed by atoms with E-state index in [9.17, 15) is 4.79 Å². The van der Waals surface area contributed by atoms with Crippen molar-refractivity contribution in [2.24, 2.45) is 11.8 Å². The van der Waals surface area contributed by atoms with Crippen LogP contribution in [0.5, 0.6) is 0 Å². The highest BCUT2D eigenvalue weighted by Gasteiger charge is 2.22. The van der Waals surface area contributed by atoms with Gasteiger partial charge in [0, 0.05) is 4.88 Å². The molecule has 0 aliphatic carbocycles. The smallest absolute Gasteiger partial charge is 0.262 e. The Balaban J connectivity index is 2.69. The van der Waals surface area contributed by atoms with Crippen LogP contribution in [0, 0.1) is 11.8 Å². The summed E-state index contributed by atoms with van der Waals surface area (Å²) in [7, 11) is 0. The van der Waals surface area contributed by atoms with Gasteiger partial charge >= 0.3 is 0 Å². The highest BCUT2D eigenvalue weighted by molar-refractivity contribution is 7.15. The minimum absolute atomic E-state index is 0.313. The fraction of sp³-hybridized carbons (Fsp3) is 0.792. The lowest BCUT2D eigenvalue weighted by Crippen LogP contribution is -2.17. The second-order valence-electron chi connectivity index (χ2n) is 8.10. The molecule has 0 radical (unpaired) electrons. The zero-order valence-electron chi connectivity index (χ0n) is 17.9. The number of hydrogen-bond acceptors (Lipinski definition) is 2. The summed E-state index contributed by atoms with van der Waals surface area (Å²) in [6.07, 6.45) is 18.7. The molecule has 0 aliphatic rings. The molecule has 2 unspecified atom stereocenters. The van der Waals surface area contributed by atoms with Crippen LogP contribution in [-0.4, -0.2) is 5.24 Å². The normalized spacial score (nSPS) is 13.6. The van der Waals surface area contributed by atoms with E-state index in [1.54, 1.807) is 11.3 Å². The van der Waals surface area contributed by atoms with E-state index in [0.29, 0.717) is 4.88 Å². The molecule has 3 heteroatoms. The summed E-state index contributed by atoms with van der Waals surface area (Å²) >= 11 is 7.27. The van der Waals surface area contributed by atoms with Gasteiger partial charge < -0.3 is 0 Å². The largest absolute Gasteiger partial charge is 0.275 e. The van der Waals surface area contributed by atoms with E-state index >= 15 is 0 Å². The van der Waals surface area contributed by atoms with Crippen LogP contribution >= 0.6 is 22.9 Å². The van der Waals surface area contributed by atoms with E-state index < -0.39 is 0 Å². The molecule has 0 aliphatic heterocycles. The van der Waals surface area contributed by atoms with Gasteiger partial charge in [-0.05, 0) is 48.4 Å². The molecule has 1 heterocycles. The first-order valence-electron chi connectivity index (χ1n) is 11.4. The molecule has 1 nitrogen and oxygen atoms in total.